The lowest BCUT2D eigenvalue weighted by Gasteiger charge is -2.26. The summed E-state index contributed by atoms with van der Waals surface area (Å²) in [6, 6.07) is 8.08. The Morgan fingerprint density at radius 2 is 2.04 bits per heavy atom. The van der Waals surface area contributed by atoms with E-state index in [1.807, 2.05) is 18.2 Å². The van der Waals surface area contributed by atoms with E-state index in [1.165, 1.54) is 18.7 Å². The first kappa shape index (κ1) is 14.8. The molecule has 0 saturated heterocycles. The summed E-state index contributed by atoms with van der Waals surface area (Å²) in [6.07, 6.45) is 2.51. The molecule has 5 rings (SSSR count). The van der Waals surface area contributed by atoms with Crippen LogP contribution in [0.4, 0.5) is 0 Å². The Kier molecular flexibility index (Phi) is 3.41. The molecule has 7 nitrogen and oxygen atoms in total. The molecule has 0 radical (unpaired) electrons. The molecule has 0 atom stereocenters. The quantitative estimate of drug-likeness (QED) is 0.729. The third-order valence-electron chi connectivity index (χ3n) is 5.02. The second kappa shape index (κ2) is 5.77. The van der Waals surface area contributed by atoms with Gasteiger partial charge in [-0.05, 0) is 25.3 Å². The van der Waals surface area contributed by atoms with Gasteiger partial charge in [-0.2, -0.15) is 4.98 Å². The summed E-state index contributed by atoms with van der Waals surface area (Å²) < 4.78 is 7.76. The van der Waals surface area contributed by atoms with Crippen LogP contribution in [0.25, 0.3) is 11.4 Å². The maximum Gasteiger partial charge on any atom is 0.241 e. The number of fused-ring (bicyclic) bond motifs is 1. The van der Waals surface area contributed by atoms with E-state index in [0.717, 1.165) is 36.6 Å². The molecule has 7 heteroatoms. The van der Waals surface area contributed by atoms with Gasteiger partial charge in [-0.25, -0.2) is 0 Å². The predicted molar refractivity (Wildman–Crippen MR) is 90.6 cm³/mol. The molecular formula is C18H20N6O. The van der Waals surface area contributed by atoms with Gasteiger partial charge in [0.1, 0.15) is 11.6 Å². The molecule has 1 aliphatic carbocycles. The average Bonchev–Trinajstić information content (AvgIpc) is 3.22. The van der Waals surface area contributed by atoms with Crippen molar-refractivity contribution < 1.29 is 4.52 Å². The Balaban J connectivity index is 1.31. The van der Waals surface area contributed by atoms with Crippen LogP contribution in [0.15, 0.2) is 28.8 Å². The first-order chi connectivity index (χ1) is 12.3. The highest BCUT2D eigenvalue weighted by atomic mass is 16.5. The molecule has 0 spiro atoms. The molecule has 3 aromatic rings. The highest BCUT2D eigenvalue weighted by Gasteiger charge is 2.32. The maximum absolute atomic E-state index is 5.47. The minimum atomic E-state index is 0.639. The van der Waals surface area contributed by atoms with Crippen LogP contribution in [0.2, 0.25) is 0 Å². The van der Waals surface area contributed by atoms with Crippen molar-refractivity contribution in [3.63, 3.8) is 0 Å². The van der Waals surface area contributed by atoms with Crippen LogP contribution in [0, 0.1) is 6.92 Å². The van der Waals surface area contributed by atoms with E-state index in [4.69, 9.17) is 4.52 Å². The van der Waals surface area contributed by atoms with E-state index in [2.05, 4.69) is 42.8 Å². The second-order valence-electron chi connectivity index (χ2n) is 6.94. The SMILES string of the molecule is Cc1ccccc1-c1noc(CN2CCn3c(nnc3C3CC3)C2)n1. The summed E-state index contributed by atoms with van der Waals surface area (Å²) in [4.78, 5) is 6.86. The molecule has 1 saturated carbocycles. The molecular weight excluding hydrogens is 316 g/mol. The van der Waals surface area contributed by atoms with Crippen molar-refractivity contribution in [2.75, 3.05) is 6.54 Å². The molecule has 2 aliphatic rings. The zero-order chi connectivity index (χ0) is 16.8. The zero-order valence-electron chi connectivity index (χ0n) is 14.2. The third-order valence-corrected chi connectivity index (χ3v) is 5.02. The fourth-order valence-electron chi connectivity index (χ4n) is 3.45. The lowest BCUT2D eigenvalue weighted by Crippen LogP contribution is -2.34. The molecule has 0 unspecified atom stereocenters. The molecule has 1 aliphatic heterocycles. The van der Waals surface area contributed by atoms with Gasteiger partial charge in [0.15, 0.2) is 0 Å². The Morgan fingerprint density at radius 1 is 1.16 bits per heavy atom. The molecule has 128 valence electrons. The fraction of sp³-hybridized carbons (Fsp3) is 0.444. The minimum absolute atomic E-state index is 0.639. The van der Waals surface area contributed by atoms with Crippen LogP contribution < -0.4 is 0 Å². The summed E-state index contributed by atoms with van der Waals surface area (Å²) in [5.41, 5.74) is 2.17. The summed E-state index contributed by atoms with van der Waals surface area (Å²) in [7, 11) is 0. The van der Waals surface area contributed by atoms with Gasteiger partial charge in [-0.3, -0.25) is 4.90 Å². The number of benzene rings is 1. The smallest absolute Gasteiger partial charge is 0.241 e. The number of aryl methyl sites for hydroxylation is 1. The highest BCUT2D eigenvalue weighted by molar-refractivity contribution is 5.58. The molecule has 1 fully saturated rings. The van der Waals surface area contributed by atoms with Gasteiger partial charge < -0.3 is 9.09 Å². The first-order valence-electron chi connectivity index (χ1n) is 8.81. The number of aromatic nitrogens is 5. The topological polar surface area (TPSA) is 72.9 Å². The minimum Gasteiger partial charge on any atom is -0.338 e. The van der Waals surface area contributed by atoms with Crippen LogP contribution in [-0.4, -0.2) is 36.3 Å². The van der Waals surface area contributed by atoms with Crippen molar-refractivity contribution in [3.8, 4) is 11.4 Å². The largest absolute Gasteiger partial charge is 0.338 e. The van der Waals surface area contributed by atoms with Gasteiger partial charge in [-0.1, -0.05) is 29.4 Å². The highest BCUT2D eigenvalue weighted by Crippen LogP contribution is 2.39. The molecule has 0 amide bonds. The Bertz CT molecular complexity index is 910. The van der Waals surface area contributed by atoms with Crippen LogP contribution in [0.5, 0.6) is 0 Å². The number of hydrogen-bond donors (Lipinski definition) is 0. The van der Waals surface area contributed by atoms with Crippen LogP contribution in [0.3, 0.4) is 0 Å². The van der Waals surface area contributed by atoms with Gasteiger partial charge in [0, 0.05) is 24.6 Å². The zero-order valence-corrected chi connectivity index (χ0v) is 14.2. The van der Waals surface area contributed by atoms with Crippen LogP contribution in [-0.2, 0) is 19.6 Å². The van der Waals surface area contributed by atoms with Gasteiger partial charge in [-0.15, -0.1) is 10.2 Å². The van der Waals surface area contributed by atoms with E-state index in [9.17, 15) is 0 Å². The van der Waals surface area contributed by atoms with Crippen LogP contribution >= 0.6 is 0 Å². The summed E-state index contributed by atoms with van der Waals surface area (Å²) >= 11 is 0. The monoisotopic (exact) mass is 336 g/mol. The van der Waals surface area contributed by atoms with Gasteiger partial charge >= 0.3 is 0 Å². The number of rotatable bonds is 4. The molecule has 2 aromatic heterocycles. The van der Waals surface area contributed by atoms with Crippen molar-refractivity contribution in [1.29, 1.82) is 0 Å². The van der Waals surface area contributed by atoms with Crippen molar-refractivity contribution in [1.82, 2.24) is 29.8 Å². The van der Waals surface area contributed by atoms with E-state index >= 15 is 0 Å². The summed E-state index contributed by atoms with van der Waals surface area (Å²) in [6.45, 7) is 5.37. The van der Waals surface area contributed by atoms with Crippen molar-refractivity contribution in [2.24, 2.45) is 0 Å². The number of nitrogens with zero attached hydrogens (tertiary/aromatic N) is 6. The van der Waals surface area contributed by atoms with E-state index in [1.54, 1.807) is 0 Å². The average molecular weight is 336 g/mol. The molecule has 0 N–H and O–H groups in total. The fourth-order valence-corrected chi connectivity index (χ4v) is 3.45. The van der Waals surface area contributed by atoms with E-state index < -0.39 is 0 Å². The van der Waals surface area contributed by atoms with Crippen molar-refractivity contribution >= 4 is 0 Å². The summed E-state index contributed by atoms with van der Waals surface area (Å²) in [5, 5.41) is 12.9. The molecule has 25 heavy (non-hydrogen) atoms. The normalized spacial score (nSPS) is 17.6. The second-order valence-corrected chi connectivity index (χ2v) is 6.94. The Morgan fingerprint density at radius 3 is 2.88 bits per heavy atom. The Labute approximate surface area is 145 Å². The summed E-state index contributed by atoms with van der Waals surface area (Å²) in [5.74, 6) is 4.17. The lowest BCUT2D eigenvalue weighted by molar-refractivity contribution is 0.182. The van der Waals surface area contributed by atoms with E-state index in [-0.39, 0.29) is 0 Å². The standard InChI is InChI=1S/C18H20N6O/c1-12-4-2-3-5-14(12)17-19-16(25-22-17)11-23-8-9-24-15(10-23)20-21-18(24)13-6-7-13/h2-5,13H,6-11H2,1H3. The maximum atomic E-state index is 5.47. The van der Waals surface area contributed by atoms with E-state index in [0.29, 0.717) is 24.2 Å². The predicted octanol–water partition coefficient (Wildman–Crippen LogP) is 2.53. The van der Waals surface area contributed by atoms with Gasteiger partial charge in [0.25, 0.3) is 0 Å². The van der Waals surface area contributed by atoms with Crippen molar-refractivity contribution in [2.45, 2.75) is 45.3 Å². The number of hydrogen-bond acceptors (Lipinski definition) is 6. The van der Waals surface area contributed by atoms with Gasteiger partial charge in [0.05, 0.1) is 13.1 Å². The molecule has 3 heterocycles. The molecule has 0 bridgehead atoms. The van der Waals surface area contributed by atoms with Crippen molar-refractivity contribution in [3.05, 3.63) is 47.4 Å². The Hall–Kier alpha value is -2.54. The van der Waals surface area contributed by atoms with Crippen LogP contribution in [0.1, 0.15) is 41.9 Å². The van der Waals surface area contributed by atoms with Gasteiger partial charge in [0.2, 0.25) is 11.7 Å². The lowest BCUT2D eigenvalue weighted by atomic mass is 10.1. The first-order valence-corrected chi connectivity index (χ1v) is 8.81. The third kappa shape index (κ3) is 2.74. The molecule has 1 aromatic carbocycles.